The predicted molar refractivity (Wildman–Crippen MR) is 64.9 cm³/mol. The quantitative estimate of drug-likeness (QED) is 0.748. The second-order valence-corrected chi connectivity index (χ2v) is 5.17. The second-order valence-electron chi connectivity index (χ2n) is 5.17. The fourth-order valence-electron chi connectivity index (χ4n) is 3.33. The lowest BCUT2D eigenvalue weighted by molar-refractivity contribution is -0.130. The molecule has 0 aliphatic carbocycles. The molecule has 2 atom stereocenters. The molecule has 0 aromatic carbocycles. The lowest BCUT2D eigenvalue weighted by Gasteiger charge is -2.37. The van der Waals surface area contributed by atoms with Crippen molar-refractivity contribution in [3.05, 3.63) is 24.4 Å². The van der Waals surface area contributed by atoms with Crippen molar-refractivity contribution in [2.24, 2.45) is 0 Å². The zero-order chi connectivity index (χ0) is 12.7. The van der Waals surface area contributed by atoms with Crippen molar-refractivity contribution in [1.82, 2.24) is 15.0 Å². The van der Waals surface area contributed by atoms with Crippen LogP contribution in [0.4, 0.5) is 0 Å². The summed E-state index contributed by atoms with van der Waals surface area (Å²) >= 11 is 0. The summed E-state index contributed by atoms with van der Waals surface area (Å²) in [7, 11) is 0. The van der Waals surface area contributed by atoms with Crippen molar-refractivity contribution < 1.29 is 9.32 Å². The summed E-state index contributed by atoms with van der Waals surface area (Å²) in [5, 5.41) is 4.02. The standard InChI is InChI=1S/C13H17N3O2/c1-3-12(17)16-10-4-5-11(16)7-9(6-10)13-14-8(2)18-15-13/h3,9-11H,1,4-7H2,2H3. The first-order valence-corrected chi connectivity index (χ1v) is 6.44. The van der Waals surface area contributed by atoms with Crippen LogP contribution in [0.5, 0.6) is 0 Å². The highest BCUT2D eigenvalue weighted by Crippen LogP contribution is 2.42. The third-order valence-electron chi connectivity index (χ3n) is 4.07. The lowest BCUT2D eigenvalue weighted by Crippen LogP contribution is -2.45. The van der Waals surface area contributed by atoms with E-state index in [1.54, 1.807) is 0 Å². The van der Waals surface area contributed by atoms with E-state index in [4.69, 9.17) is 4.52 Å². The van der Waals surface area contributed by atoms with Gasteiger partial charge in [0.1, 0.15) is 0 Å². The molecule has 5 nitrogen and oxygen atoms in total. The second kappa shape index (κ2) is 4.23. The Kier molecular flexibility index (Phi) is 2.69. The van der Waals surface area contributed by atoms with Crippen LogP contribution in [0.3, 0.4) is 0 Å². The highest BCUT2D eigenvalue weighted by atomic mass is 16.5. The molecule has 2 fully saturated rings. The molecule has 96 valence electrons. The van der Waals surface area contributed by atoms with Crippen molar-refractivity contribution in [2.45, 2.75) is 50.6 Å². The maximum Gasteiger partial charge on any atom is 0.246 e. The Hall–Kier alpha value is -1.65. The third kappa shape index (κ3) is 1.74. The number of fused-ring (bicyclic) bond motifs is 2. The average molecular weight is 247 g/mol. The Morgan fingerprint density at radius 3 is 2.61 bits per heavy atom. The Labute approximate surface area is 106 Å². The van der Waals surface area contributed by atoms with Gasteiger partial charge in [-0.05, 0) is 31.8 Å². The predicted octanol–water partition coefficient (Wildman–Crippen LogP) is 1.80. The topological polar surface area (TPSA) is 59.2 Å². The van der Waals surface area contributed by atoms with Crippen LogP contribution in [0.1, 0.15) is 43.3 Å². The molecule has 0 radical (unpaired) electrons. The van der Waals surface area contributed by atoms with Gasteiger partial charge in [-0.3, -0.25) is 4.79 Å². The highest BCUT2D eigenvalue weighted by Gasteiger charge is 2.43. The van der Waals surface area contributed by atoms with E-state index in [-0.39, 0.29) is 5.91 Å². The molecule has 1 amide bonds. The molecule has 3 rings (SSSR count). The van der Waals surface area contributed by atoms with Crippen LogP contribution >= 0.6 is 0 Å². The van der Waals surface area contributed by atoms with E-state index < -0.39 is 0 Å². The van der Waals surface area contributed by atoms with E-state index in [2.05, 4.69) is 16.7 Å². The third-order valence-corrected chi connectivity index (χ3v) is 4.07. The first-order valence-electron chi connectivity index (χ1n) is 6.44. The number of hydrogen-bond donors (Lipinski definition) is 0. The summed E-state index contributed by atoms with van der Waals surface area (Å²) in [6.45, 7) is 5.39. The van der Waals surface area contributed by atoms with Crippen LogP contribution < -0.4 is 0 Å². The zero-order valence-corrected chi connectivity index (χ0v) is 10.5. The van der Waals surface area contributed by atoms with Gasteiger partial charge >= 0.3 is 0 Å². The molecule has 0 spiro atoms. The lowest BCUT2D eigenvalue weighted by atomic mass is 9.90. The summed E-state index contributed by atoms with van der Waals surface area (Å²) < 4.78 is 5.05. The van der Waals surface area contributed by atoms with Crippen molar-refractivity contribution >= 4 is 5.91 Å². The summed E-state index contributed by atoms with van der Waals surface area (Å²) in [4.78, 5) is 18.1. The van der Waals surface area contributed by atoms with Crippen molar-refractivity contribution in [2.75, 3.05) is 0 Å². The Balaban J connectivity index is 1.79. The number of aromatic nitrogens is 2. The van der Waals surface area contributed by atoms with Crippen LogP contribution in [-0.4, -0.2) is 33.0 Å². The molecule has 2 aliphatic heterocycles. The Bertz CT molecular complexity index is 468. The molecule has 2 saturated heterocycles. The SMILES string of the molecule is C=CC(=O)N1C2CCC1CC(c1noc(C)n1)C2. The van der Waals surface area contributed by atoms with E-state index in [0.717, 1.165) is 31.5 Å². The fourth-order valence-corrected chi connectivity index (χ4v) is 3.33. The molecule has 3 heterocycles. The van der Waals surface area contributed by atoms with Crippen molar-refractivity contribution in [3.8, 4) is 0 Å². The van der Waals surface area contributed by atoms with E-state index >= 15 is 0 Å². The van der Waals surface area contributed by atoms with Gasteiger partial charge in [0.25, 0.3) is 0 Å². The van der Waals surface area contributed by atoms with Gasteiger partial charge < -0.3 is 9.42 Å². The molecular weight excluding hydrogens is 230 g/mol. The van der Waals surface area contributed by atoms with Crippen LogP contribution in [0.25, 0.3) is 0 Å². The van der Waals surface area contributed by atoms with Crippen LogP contribution in [0, 0.1) is 6.92 Å². The molecule has 0 N–H and O–H groups in total. The minimum absolute atomic E-state index is 0.0604. The minimum atomic E-state index is 0.0604. The smallest absolute Gasteiger partial charge is 0.246 e. The Morgan fingerprint density at radius 1 is 1.44 bits per heavy atom. The van der Waals surface area contributed by atoms with E-state index in [1.807, 2.05) is 11.8 Å². The highest BCUT2D eigenvalue weighted by molar-refractivity contribution is 5.87. The summed E-state index contributed by atoms with van der Waals surface area (Å²) in [5.74, 6) is 1.80. The molecule has 1 aromatic rings. The van der Waals surface area contributed by atoms with Gasteiger partial charge in [-0.2, -0.15) is 4.98 Å². The number of amides is 1. The maximum absolute atomic E-state index is 11.8. The van der Waals surface area contributed by atoms with Crippen LogP contribution in [-0.2, 0) is 4.79 Å². The van der Waals surface area contributed by atoms with Gasteiger partial charge in [-0.1, -0.05) is 11.7 Å². The molecule has 2 aliphatic rings. The van der Waals surface area contributed by atoms with Crippen LogP contribution in [0.2, 0.25) is 0 Å². The number of piperidine rings is 1. The summed E-state index contributed by atoms with van der Waals surface area (Å²) in [6, 6.07) is 0.635. The van der Waals surface area contributed by atoms with Crippen molar-refractivity contribution in [1.29, 1.82) is 0 Å². The summed E-state index contributed by atoms with van der Waals surface area (Å²) in [6.07, 6.45) is 5.46. The monoisotopic (exact) mass is 247 g/mol. The molecule has 2 bridgehead atoms. The Morgan fingerprint density at radius 2 is 2.11 bits per heavy atom. The summed E-state index contributed by atoms with van der Waals surface area (Å²) in [5.41, 5.74) is 0. The number of aryl methyl sites for hydroxylation is 1. The van der Waals surface area contributed by atoms with Gasteiger partial charge in [-0.25, -0.2) is 0 Å². The number of carbonyl (C=O) groups excluding carboxylic acids is 1. The number of carbonyl (C=O) groups is 1. The fraction of sp³-hybridized carbons (Fsp3) is 0.615. The average Bonchev–Trinajstić information content (AvgIpc) is 2.90. The van der Waals surface area contributed by atoms with Crippen LogP contribution in [0.15, 0.2) is 17.2 Å². The van der Waals surface area contributed by atoms with Gasteiger partial charge in [0, 0.05) is 24.9 Å². The largest absolute Gasteiger partial charge is 0.340 e. The first kappa shape index (κ1) is 11.4. The van der Waals surface area contributed by atoms with E-state index in [0.29, 0.717) is 23.9 Å². The van der Waals surface area contributed by atoms with E-state index in [9.17, 15) is 4.79 Å². The molecule has 0 saturated carbocycles. The number of nitrogens with zero attached hydrogens (tertiary/aromatic N) is 3. The molecule has 2 unspecified atom stereocenters. The van der Waals surface area contributed by atoms with E-state index in [1.165, 1.54) is 6.08 Å². The molecule has 18 heavy (non-hydrogen) atoms. The molecule has 5 heteroatoms. The van der Waals surface area contributed by atoms with Gasteiger partial charge in [0.05, 0.1) is 0 Å². The van der Waals surface area contributed by atoms with Gasteiger partial charge in [-0.15, -0.1) is 0 Å². The molecular formula is C13H17N3O2. The normalized spacial score (nSPS) is 30.5. The minimum Gasteiger partial charge on any atom is -0.340 e. The molecule has 1 aromatic heterocycles. The van der Waals surface area contributed by atoms with Crippen molar-refractivity contribution in [3.63, 3.8) is 0 Å². The number of rotatable bonds is 2. The van der Waals surface area contributed by atoms with Gasteiger partial charge in [0.2, 0.25) is 11.8 Å². The first-order chi connectivity index (χ1) is 8.69. The zero-order valence-electron chi connectivity index (χ0n) is 10.5. The van der Waals surface area contributed by atoms with Gasteiger partial charge in [0.15, 0.2) is 5.82 Å². The number of hydrogen-bond acceptors (Lipinski definition) is 4. The maximum atomic E-state index is 11.8.